The van der Waals surface area contributed by atoms with Gasteiger partial charge in [-0.2, -0.15) is 0 Å². The van der Waals surface area contributed by atoms with E-state index in [9.17, 15) is 0 Å². The number of hydrogen-bond donors (Lipinski definition) is 0. The Balaban J connectivity index is 0.000000108. The van der Waals surface area contributed by atoms with Crippen LogP contribution in [0.4, 0.5) is 0 Å². The van der Waals surface area contributed by atoms with Gasteiger partial charge in [-0.1, -0.05) is 394 Å². The lowest BCUT2D eigenvalue weighted by atomic mass is 9.96. The quantitative estimate of drug-likeness (QED) is 0.118. The molecule has 0 N–H and O–H groups in total. The van der Waals surface area contributed by atoms with E-state index in [0.717, 1.165) is 227 Å². The third kappa shape index (κ3) is 14.7. The smallest absolute Gasteiger partial charge is 0.161 e. The van der Waals surface area contributed by atoms with Gasteiger partial charge in [0.2, 0.25) is 0 Å². The van der Waals surface area contributed by atoms with Gasteiger partial charge in [-0.25, -0.2) is 29.9 Å². The van der Waals surface area contributed by atoms with E-state index in [2.05, 4.69) is 400 Å². The molecular weight excluding hydrogens is 1650 g/mol. The van der Waals surface area contributed by atoms with Gasteiger partial charge >= 0.3 is 0 Å². The molecule has 27 rings (SSSR count). The van der Waals surface area contributed by atoms with Gasteiger partial charge in [-0.05, 0) is 172 Å². The second kappa shape index (κ2) is 33.7. The first kappa shape index (κ1) is 79.0. The van der Waals surface area contributed by atoms with E-state index in [1.807, 2.05) is 72.8 Å². The van der Waals surface area contributed by atoms with Crippen molar-refractivity contribution in [2.75, 3.05) is 0 Å². The minimum absolute atomic E-state index is 0.733. The zero-order valence-electron chi connectivity index (χ0n) is 72.9. The maximum Gasteiger partial charge on any atom is 0.161 e. The van der Waals surface area contributed by atoms with Crippen LogP contribution in [0.2, 0.25) is 0 Å². The van der Waals surface area contributed by atoms with E-state index in [0.29, 0.717) is 0 Å². The minimum atomic E-state index is 0.733. The summed E-state index contributed by atoms with van der Waals surface area (Å²) in [6.07, 6.45) is 0. The first-order valence-corrected chi connectivity index (χ1v) is 45.5. The highest BCUT2D eigenvalue weighted by atomic mass is 16.3. The average molecular weight is 1720 g/mol. The van der Waals surface area contributed by atoms with Gasteiger partial charge in [0.1, 0.15) is 33.5 Å². The zero-order chi connectivity index (χ0) is 89.2. The standard InChI is InChI=1S/3C42H26N2O/c1-2-11-30(12-3-1)41-36-26-31(24-25-37(36)43-42(44-41)34-17-8-13-28-10-4-5-14-32(28)34)27-20-22-29(23-21-27)33-16-9-19-39-40(33)35-15-6-7-18-38(35)45-39;1-2-11-30(12-3-1)40-41(32-25-20-27-10-4-5-13-31(27)26-32)43-36-17-8-16-34(42(36)44-40)29-23-21-28(22-24-29)33-15-9-19-38-39(33)35-14-6-7-18-37(35)45-38;1-2-10-30(11-3-1)41-42(33-22-19-27-9-4-5-12-31(27)25-33)43-36-24-23-32(26-37(36)44-41)28-17-20-29(21-18-28)34-14-8-16-39-40(34)35-13-6-7-15-38(35)45-39/h3*1-26H. The molecule has 0 amide bonds. The number of hydrogen-bond acceptors (Lipinski definition) is 9. The van der Waals surface area contributed by atoms with Crippen LogP contribution in [0, 0.1) is 0 Å². The van der Waals surface area contributed by atoms with Gasteiger partial charge in [-0.3, -0.25) is 0 Å². The van der Waals surface area contributed by atoms with Crippen LogP contribution in [-0.4, -0.2) is 29.9 Å². The Morgan fingerprint density at radius 1 is 0.141 bits per heavy atom. The van der Waals surface area contributed by atoms with E-state index in [1.165, 1.54) is 38.1 Å². The molecule has 0 fully saturated rings. The van der Waals surface area contributed by atoms with Gasteiger partial charge in [0.15, 0.2) is 5.82 Å². The van der Waals surface area contributed by atoms with Gasteiger partial charge in [0.25, 0.3) is 0 Å². The number of fused-ring (bicyclic) bond motifs is 15. The molecule has 0 bridgehead atoms. The van der Waals surface area contributed by atoms with Crippen molar-refractivity contribution in [1.29, 1.82) is 0 Å². The van der Waals surface area contributed by atoms with E-state index < -0.39 is 0 Å². The molecule has 0 aliphatic carbocycles. The highest BCUT2D eigenvalue weighted by molar-refractivity contribution is 6.16. The molecule has 135 heavy (non-hydrogen) atoms. The molecule has 0 aliphatic rings. The van der Waals surface area contributed by atoms with E-state index in [4.69, 9.17) is 43.2 Å². The summed E-state index contributed by atoms with van der Waals surface area (Å²) < 4.78 is 18.4. The molecule has 9 nitrogen and oxygen atoms in total. The fourth-order valence-corrected chi connectivity index (χ4v) is 19.4. The highest BCUT2D eigenvalue weighted by Gasteiger charge is 2.23. The third-order valence-electron chi connectivity index (χ3n) is 26.0. The maximum atomic E-state index is 6.15. The van der Waals surface area contributed by atoms with Crippen LogP contribution in [0.5, 0.6) is 0 Å². The van der Waals surface area contributed by atoms with Crippen molar-refractivity contribution < 1.29 is 13.3 Å². The predicted octanol–water partition coefficient (Wildman–Crippen LogP) is 34.1. The molecule has 27 aromatic rings. The predicted molar refractivity (Wildman–Crippen MR) is 558 cm³/mol. The molecule has 0 saturated carbocycles. The van der Waals surface area contributed by atoms with Crippen LogP contribution >= 0.6 is 0 Å². The fraction of sp³-hybridized carbons (Fsp3) is 0. The number of rotatable bonds is 12. The summed E-state index contributed by atoms with van der Waals surface area (Å²) in [6, 6.07) is 165. The molecule has 6 aromatic heterocycles. The lowest BCUT2D eigenvalue weighted by Crippen LogP contribution is -1.97. The zero-order valence-corrected chi connectivity index (χ0v) is 72.9. The summed E-state index contributed by atoms with van der Waals surface area (Å²) in [5, 5.41) is 15.0. The average Bonchev–Trinajstić information content (AvgIpc) is 1.51. The first-order chi connectivity index (χ1) is 66.9. The van der Waals surface area contributed by atoms with Crippen LogP contribution < -0.4 is 0 Å². The van der Waals surface area contributed by atoms with Crippen molar-refractivity contribution in [2.24, 2.45) is 0 Å². The van der Waals surface area contributed by atoms with Crippen molar-refractivity contribution in [1.82, 2.24) is 29.9 Å². The summed E-state index contributed by atoms with van der Waals surface area (Å²) in [5.74, 6) is 0.733. The third-order valence-corrected chi connectivity index (χ3v) is 26.0. The Bertz CT molecular complexity index is 9290. The molecule has 0 radical (unpaired) electrons. The first-order valence-electron chi connectivity index (χ1n) is 45.5. The monoisotopic (exact) mass is 1720 g/mol. The Kier molecular flexibility index (Phi) is 19.7. The largest absolute Gasteiger partial charge is 0.456 e. The molecular formula is C126H78N6O3. The number of benzene rings is 21. The van der Waals surface area contributed by atoms with Crippen molar-refractivity contribution in [3.05, 3.63) is 473 Å². The Labute approximate surface area is 776 Å². The topological polar surface area (TPSA) is 117 Å². The van der Waals surface area contributed by atoms with Crippen LogP contribution in [0.15, 0.2) is 486 Å². The SMILES string of the molecule is c1ccc(-c2nc(-c3cccc4ccccc34)nc3ccc(-c4ccc(-c5cccc6oc7ccccc7c56)cc4)cc23)cc1.c1ccc(-c2nc3c(-c4ccc(-c5cccc6oc7ccccc7c56)cc4)cccc3nc2-c2ccc3ccccc3c2)cc1.c1ccc(-c2nc3cc(-c4ccc(-c5cccc6oc7ccccc7c56)cc4)ccc3nc2-c2ccc3ccccc3c2)cc1. The lowest BCUT2D eigenvalue weighted by Gasteiger charge is -2.14. The van der Waals surface area contributed by atoms with E-state index >= 15 is 0 Å². The second-order valence-electron chi connectivity index (χ2n) is 34.2. The summed E-state index contributed by atoms with van der Waals surface area (Å²) >= 11 is 0. The Hall–Kier alpha value is -18.2. The number of aromatic nitrogens is 6. The molecule has 9 heteroatoms. The summed E-state index contributed by atoms with van der Waals surface area (Å²) in [6.45, 7) is 0. The number of furan rings is 3. The van der Waals surface area contributed by atoms with Crippen molar-refractivity contribution >= 4 is 131 Å². The molecule has 0 unspecified atom stereocenters. The Morgan fingerprint density at radius 2 is 0.474 bits per heavy atom. The molecule has 0 spiro atoms. The van der Waals surface area contributed by atoms with Gasteiger partial charge < -0.3 is 13.3 Å². The molecule has 6 heterocycles. The Morgan fingerprint density at radius 3 is 0.978 bits per heavy atom. The maximum absolute atomic E-state index is 6.15. The fourth-order valence-electron chi connectivity index (χ4n) is 19.4. The molecule has 0 aliphatic heterocycles. The minimum Gasteiger partial charge on any atom is -0.456 e. The number of nitrogens with zero attached hydrogens (tertiary/aromatic N) is 6. The van der Waals surface area contributed by atoms with Gasteiger partial charge in [0, 0.05) is 76.6 Å². The van der Waals surface area contributed by atoms with Crippen molar-refractivity contribution in [2.45, 2.75) is 0 Å². The summed E-state index contributed by atoms with van der Waals surface area (Å²) in [5.41, 5.74) is 34.2. The van der Waals surface area contributed by atoms with Crippen molar-refractivity contribution in [3.8, 4) is 134 Å². The lowest BCUT2D eigenvalue weighted by molar-refractivity contribution is 0.668. The van der Waals surface area contributed by atoms with Gasteiger partial charge in [-0.15, -0.1) is 0 Å². The molecule has 0 saturated heterocycles. The highest BCUT2D eigenvalue weighted by Crippen LogP contribution is 2.45. The normalized spacial score (nSPS) is 11.6. The molecule has 21 aromatic carbocycles. The molecule has 630 valence electrons. The number of para-hydroxylation sites is 4. The van der Waals surface area contributed by atoms with E-state index in [-0.39, 0.29) is 0 Å². The second-order valence-corrected chi connectivity index (χ2v) is 34.2. The van der Waals surface area contributed by atoms with Crippen LogP contribution in [0.25, 0.3) is 266 Å². The van der Waals surface area contributed by atoms with Gasteiger partial charge in [0.05, 0.1) is 56.1 Å². The van der Waals surface area contributed by atoms with Crippen LogP contribution in [0.3, 0.4) is 0 Å². The summed E-state index contributed by atoms with van der Waals surface area (Å²) in [7, 11) is 0. The molecule has 0 atom stereocenters. The van der Waals surface area contributed by atoms with Crippen LogP contribution in [-0.2, 0) is 0 Å². The summed E-state index contributed by atoms with van der Waals surface area (Å²) in [4.78, 5) is 31.4. The van der Waals surface area contributed by atoms with Crippen molar-refractivity contribution in [3.63, 3.8) is 0 Å². The van der Waals surface area contributed by atoms with E-state index in [1.54, 1.807) is 0 Å². The van der Waals surface area contributed by atoms with Crippen LogP contribution in [0.1, 0.15) is 0 Å².